The molecular formula is C16H25N3O2. The molecule has 0 saturated carbocycles. The highest BCUT2D eigenvalue weighted by molar-refractivity contribution is 5.83. The summed E-state index contributed by atoms with van der Waals surface area (Å²) >= 11 is 0. The Kier molecular flexibility index (Phi) is 4.02. The minimum atomic E-state index is -0.235. The van der Waals surface area contributed by atoms with Crippen LogP contribution in [0.4, 0.5) is 0 Å². The average molecular weight is 291 g/mol. The van der Waals surface area contributed by atoms with Crippen molar-refractivity contribution in [3.63, 3.8) is 0 Å². The van der Waals surface area contributed by atoms with Crippen LogP contribution in [-0.4, -0.2) is 46.4 Å². The Morgan fingerprint density at radius 3 is 2.90 bits per heavy atom. The van der Waals surface area contributed by atoms with Gasteiger partial charge in [-0.2, -0.15) is 5.10 Å². The van der Waals surface area contributed by atoms with E-state index in [-0.39, 0.29) is 11.5 Å². The molecule has 0 aliphatic carbocycles. The van der Waals surface area contributed by atoms with Gasteiger partial charge in [0.2, 0.25) is 5.91 Å². The highest BCUT2D eigenvalue weighted by Gasteiger charge is 2.41. The Labute approximate surface area is 126 Å². The van der Waals surface area contributed by atoms with Gasteiger partial charge in [0.1, 0.15) is 0 Å². The van der Waals surface area contributed by atoms with Crippen molar-refractivity contribution < 1.29 is 9.53 Å². The van der Waals surface area contributed by atoms with E-state index in [1.807, 2.05) is 17.8 Å². The standard InChI is InChI=1S/C16H25N3O2/c1-13-10-17-18(11-13)12-14-4-3-7-19(14)15(20)16(2)5-8-21-9-6-16/h10-11,14H,3-9,12H2,1-2H3. The number of aromatic nitrogens is 2. The van der Waals surface area contributed by atoms with Crippen molar-refractivity contribution in [2.45, 2.75) is 52.1 Å². The van der Waals surface area contributed by atoms with Crippen molar-refractivity contribution in [2.24, 2.45) is 5.41 Å². The number of amides is 1. The number of carbonyl (C=O) groups is 1. The van der Waals surface area contributed by atoms with E-state index in [0.717, 1.165) is 38.8 Å². The van der Waals surface area contributed by atoms with Gasteiger partial charge in [-0.3, -0.25) is 9.48 Å². The van der Waals surface area contributed by atoms with Crippen LogP contribution >= 0.6 is 0 Å². The fourth-order valence-corrected chi connectivity index (χ4v) is 3.46. The van der Waals surface area contributed by atoms with Gasteiger partial charge in [-0.15, -0.1) is 0 Å². The van der Waals surface area contributed by atoms with E-state index in [0.29, 0.717) is 19.1 Å². The zero-order valence-corrected chi connectivity index (χ0v) is 13.0. The molecular weight excluding hydrogens is 266 g/mol. The third-order valence-corrected chi connectivity index (χ3v) is 4.91. The third kappa shape index (κ3) is 2.98. The molecule has 1 aromatic heterocycles. The summed E-state index contributed by atoms with van der Waals surface area (Å²) in [6.07, 6.45) is 7.80. The summed E-state index contributed by atoms with van der Waals surface area (Å²) < 4.78 is 7.39. The first-order valence-electron chi connectivity index (χ1n) is 7.96. The maximum absolute atomic E-state index is 13.0. The zero-order valence-electron chi connectivity index (χ0n) is 13.0. The molecule has 1 atom stereocenters. The molecule has 21 heavy (non-hydrogen) atoms. The number of nitrogens with zero attached hydrogens (tertiary/aromatic N) is 3. The fourth-order valence-electron chi connectivity index (χ4n) is 3.46. The smallest absolute Gasteiger partial charge is 0.228 e. The first-order chi connectivity index (χ1) is 10.1. The van der Waals surface area contributed by atoms with Gasteiger partial charge >= 0.3 is 0 Å². The third-order valence-electron chi connectivity index (χ3n) is 4.91. The summed E-state index contributed by atoms with van der Waals surface area (Å²) in [6, 6.07) is 0.288. The number of aryl methyl sites for hydroxylation is 1. The number of carbonyl (C=O) groups excluding carboxylic acids is 1. The van der Waals surface area contributed by atoms with Gasteiger partial charge in [-0.1, -0.05) is 6.92 Å². The van der Waals surface area contributed by atoms with Crippen molar-refractivity contribution in [1.82, 2.24) is 14.7 Å². The molecule has 0 radical (unpaired) electrons. The molecule has 0 N–H and O–H groups in total. The van der Waals surface area contributed by atoms with Crippen LogP contribution in [0.25, 0.3) is 0 Å². The van der Waals surface area contributed by atoms with E-state index >= 15 is 0 Å². The normalized spacial score (nSPS) is 25.2. The van der Waals surface area contributed by atoms with E-state index in [9.17, 15) is 4.79 Å². The van der Waals surface area contributed by atoms with Crippen LogP contribution in [-0.2, 0) is 16.1 Å². The van der Waals surface area contributed by atoms with Crippen molar-refractivity contribution in [2.75, 3.05) is 19.8 Å². The molecule has 1 amide bonds. The predicted molar refractivity (Wildman–Crippen MR) is 79.9 cm³/mol. The fraction of sp³-hybridized carbons (Fsp3) is 0.750. The van der Waals surface area contributed by atoms with Crippen LogP contribution < -0.4 is 0 Å². The second kappa shape index (κ2) is 5.79. The summed E-state index contributed by atoms with van der Waals surface area (Å²) in [4.78, 5) is 15.1. The largest absolute Gasteiger partial charge is 0.381 e. The molecule has 3 heterocycles. The summed E-state index contributed by atoms with van der Waals surface area (Å²) in [5.74, 6) is 0.317. The monoisotopic (exact) mass is 291 g/mol. The summed E-state index contributed by atoms with van der Waals surface area (Å²) in [7, 11) is 0. The van der Waals surface area contributed by atoms with Gasteiger partial charge in [0, 0.05) is 26.0 Å². The summed E-state index contributed by atoms with van der Waals surface area (Å²) in [5, 5.41) is 4.36. The predicted octanol–water partition coefficient (Wildman–Crippen LogP) is 2.00. The molecule has 2 aliphatic rings. The Balaban J connectivity index is 1.69. The lowest BCUT2D eigenvalue weighted by Gasteiger charge is -2.37. The van der Waals surface area contributed by atoms with Crippen molar-refractivity contribution in [3.05, 3.63) is 18.0 Å². The van der Waals surface area contributed by atoms with E-state index in [1.165, 1.54) is 5.56 Å². The van der Waals surface area contributed by atoms with Gasteiger partial charge in [0.05, 0.1) is 24.2 Å². The molecule has 5 heteroatoms. The second-order valence-electron chi connectivity index (χ2n) is 6.71. The first-order valence-corrected chi connectivity index (χ1v) is 7.96. The molecule has 0 aromatic carbocycles. The Morgan fingerprint density at radius 2 is 2.24 bits per heavy atom. The quantitative estimate of drug-likeness (QED) is 0.856. The second-order valence-corrected chi connectivity index (χ2v) is 6.71. The summed E-state index contributed by atoms with van der Waals surface area (Å²) in [6.45, 7) is 7.26. The molecule has 116 valence electrons. The van der Waals surface area contributed by atoms with Crippen LogP contribution in [0, 0.1) is 12.3 Å². The highest BCUT2D eigenvalue weighted by atomic mass is 16.5. The number of hydrogen-bond acceptors (Lipinski definition) is 3. The lowest BCUT2D eigenvalue weighted by molar-refractivity contribution is -0.147. The molecule has 0 bridgehead atoms. The lowest BCUT2D eigenvalue weighted by Crippen LogP contribution is -2.48. The number of rotatable bonds is 3. The Morgan fingerprint density at radius 1 is 1.48 bits per heavy atom. The molecule has 2 fully saturated rings. The van der Waals surface area contributed by atoms with Crippen LogP contribution in [0.3, 0.4) is 0 Å². The molecule has 0 spiro atoms. The highest BCUT2D eigenvalue weighted by Crippen LogP contribution is 2.34. The van der Waals surface area contributed by atoms with E-state index in [1.54, 1.807) is 0 Å². The number of ether oxygens (including phenoxy) is 1. The minimum absolute atomic E-state index is 0.235. The number of likely N-dealkylation sites (tertiary alicyclic amines) is 1. The van der Waals surface area contributed by atoms with E-state index in [2.05, 4.69) is 23.1 Å². The molecule has 5 nitrogen and oxygen atoms in total. The van der Waals surface area contributed by atoms with Gasteiger partial charge in [0.15, 0.2) is 0 Å². The first kappa shape index (κ1) is 14.6. The van der Waals surface area contributed by atoms with E-state index in [4.69, 9.17) is 4.74 Å². The molecule has 1 aromatic rings. The SMILES string of the molecule is Cc1cnn(CC2CCCN2C(=O)C2(C)CCOCC2)c1. The number of hydrogen-bond donors (Lipinski definition) is 0. The van der Waals surface area contributed by atoms with Crippen molar-refractivity contribution in [1.29, 1.82) is 0 Å². The van der Waals surface area contributed by atoms with Crippen molar-refractivity contribution in [3.8, 4) is 0 Å². The van der Waals surface area contributed by atoms with Crippen LogP contribution in [0.5, 0.6) is 0 Å². The van der Waals surface area contributed by atoms with Gasteiger partial charge in [-0.05, 0) is 38.2 Å². The summed E-state index contributed by atoms with van der Waals surface area (Å²) in [5.41, 5.74) is 0.934. The van der Waals surface area contributed by atoms with Crippen molar-refractivity contribution >= 4 is 5.91 Å². The topological polar surface area (TPSA) is 47.4 Å². The molecule has 3 rings (SSSR count). The maximum atomic E-state index is 13.0. The Bertz CT molecular complexity index is 505. The van der Waals surface area contributed by atoms with Crippen LogP contribution in [0.2, 0.25) is 0 Å². The molecule has 1 unspecified atom stereocenters. The molecule has 2 saturated heterocycles. The van der Waals surface area contributed by atoms with Crippen LogP contribution in [0.1, 0.15) is 38.2 Å². The molecule has 2 aliphatic heterocycles. The van der Waals surface area contributed by atoms with E-state index < -0.39 is 0 Å². The van der Waals surface area contributed by atoms with Gasteiger partial charge in [-0.25, -0.2) is 0 Å². The van der Waals surface area contributed by atoms with Gasteiger partial charge in [0.25, 0.3) is 0 Å². The average Bonchev–Trinajstić information content (AvgIpc) is 3.08. The minimum Gasteiger partial charge on any atom is -0.381 e. The lowest BCUT2D eigenvalue weighted by atomic mass is 9.81. The van der Waals surface area contributed by atoms with Crippen LogP contribution in [0.15, 0.2) is 12.4 Å². The Hall–Kier alpha value is -1.36. The van der Waals surface area contributed by atoms with Gasteiger partial charge < -0.3 is 9.64 Å². The zero-order chi connectivity index (χ0) is 14.9. The maximum Gasteiger partial charge on any atom is 0.228 e.